The molecule has 0 aliphatic carbocycles. The van der Waals surface area contributed by atoms with Gasteiger partial charge in [0.25, 0.3) is 0 Å². The van der Waals surface area contributed by atoms with E-state index < -0.39 is 0 Å². The van der Waals surface area contributed by atoms with Crippen molar-refractivity contribution in [2.24, 2.45) is 0 Å². The highest BCUT2D eigenvalue weighted by atomic mass is 32.1. The monoisotopic (exact) mass is 448 g/mol. The van der Waals surface area contributed by atoms with E-state index in [0.717, 1.165) is 16.7 Å². The maximum atomic E-state index is 13.2. The number of ether oxygens (including phenoxy) is 1. The second-order valence-corrected chi connectivity index (χ2v) is 7.71. The largest absolute Gasteiger partial charge is 0.489 e. The first-order valence-electron chi connectivity index (χ1n) is 9.73. The van der Waals surface area contributed by atoms with Gasteiger partial charge in [0.05, 0.1) is 5.69 Å². The Morgan fingerprint density at radius 1 is 1.00 bits per heavy atom. The average molecular weight is 448 g/mol. The molecule has 0 saturated heterocycles. The van der Waals surface area contributed by atoms with Crippen molar-refractivity contribution < 1.29 is 18.3 Å². The molecular weight excluding hydrogens is 430 g/mol. The molecule has 1 aromatic heterocycles. The van der Waals surface area contributed by atoms with E-state index in [4.69, 9.17) is 4.74 Å². The van der Waals surface area contributed by atoms with Crippen LogP contribution in [0.3, 0.4) is 0 Å². The number of hydrogen-bond donors (Lipinski definition) is 1. The van der Waals surface area contributed by atoms with E-state index >= 15 is 0 Å². The molecule has 0 aliphatic rings. The number of carbonyl (C=O) groups is 1. The highest BCUT2D eigenvalue weighted by Gasteiger charge is 2.07. The Morgan fingerprint density at radius 3 is 2.53 bits per heavy atom. The molecule has 32 heavy (non-hydrogen) atoms. The van der Waals surface area contributed by atoms with Crippen molar-refractivity contribution in [1.82, 2.24) is 4.98 Å². The van der Waals surface area contributed by atoms with E-state index in [9.17, 15) is 13.6 Å². The molecule has 4 nitrogen and oxygen atoms in total. The molecule has 1 N–H and O–H groups in total. The van der Waals surface area contributed by atoms with Crippen molar-refractivity contribution in [3.05, 3.63) is 107 Å². The van der Waals surface area contributed by atoms with Gasteiger partial charge in [-0.25, -0.2) is 13.8 Å². The number of nitrogens with zero attached hydrogens (tertiary/aromatic N) is 1. The van der Waals surface area contributed by atoms with Crippen molar-refractivity contribution in [3.63, 3.8) is 0 Å². The number of anilines is 1. The minimum Gasteiger partial charge on any atom is -0.489 e. The molecule has 7 heteroatoms. The SMILES string of the molecule is O=C(/C=C\c1ccc(OCc2cccc(F)c2)cc1)Nc1nc(-c2ccc(F)cc2)cs1. The number of thiazole rings is 1. The molecule has 4 rings (SSSR count). The smallest absolute Gasteiger partial charge is 0.250 e. The average Bonchev–Trinajstić information content (AvgIpc) is 3.26. The Morgan fingerprint density at radius 2 is 1.78 bits per heavy atom. The zero-order valence-electron chi connectivity index (χ0n) is 16.8. The molecule has 0 fully saturated rings. The van der Waals surface area contributed by atoms with E-state index in [1.807, 2.05) is 12.1 Å². The fourth-order valence-corrected chi connectivity index (χ4v) is 3.59. The summed E-state index contributed by atoms with van der Waals surface area (Å²) < 4.78 is 31.9. The molecule has 1 heterocycles. The quantitative estimate of drug-likeness (QED) is 0.337. The number of carbonyl (C=O) groups excluding carboxylic acids is 1. The highest BCUT2D eigenvalue weighted by Crippen LogP contribution is 2.25. The summed E-state index contributed by atoms with van der Waals surface area (Å²) in [6.45, 7) is 0.267. The predicted molar refractivity (Wildman–Crippen MR) is 122 cm³/mol. The summed E-state index contributed by atoms with van der Waals surface area (Å²) in [6, 6.07) is 19.5. The second kappa shape index (κ2) is 9.98. The number of aromatic nitrogens is 1. The molecule has 0 unspecified atom stereocenters. The van der Waals surface area contributed by atoms with Crippen LogP contribution in [0, 0.1) is 11.6 Å². The van der Waals surface area contributed by atoms with Crippen LogP contribution in [-0.2, 0) is 11.4 Å². The van der Waals surface area contributed by atoms with Gasteiger partial charge in [-0.15, -0.1) is 11.3 Å². The van der Waals surface area contributed by atoms with E-state index in [-0.39, 0.29) is 24.1 Å². The van der Waals surface area contributed by atoms with E-state index in [1.54, 1.807) is 47.9 Å². The third kappa shape index (κ3) is 5.86. The van der Waals surface area contributed by atoms with Crippen molar-refractivity contribution in [1.29, 1.82) is 0 Å². The Balaban J connectivity index is 1.30. The van der Waals surface area contributed by atoms with Crippen LogP contribution in [0.2, 0.25) is 0 Å². The fraction of sp³-hybridized carbons (Fsp3) is 0.0400. The van der Waals surface area contributed by atoms with Gasteiger partial charge in [-0.1, -0.05) is 24.3 Å². The normalized spacial score (nSPS) is 10.9. The van der Waals surface area contributed by atoms with Crippen molar-refractivity contribution in [2.45, 2.75) is 6.61 Å². The lowest BCUT2D eigenvalue weighted by Gasteiger charge is -2.06. The summed E-state index contributed by atoms with van der Waals surface area (Å²) in [4.78, 5) is 16.6. The van der Waals surface area contributed by atoms with Gasteiger partial charge in [-0.05, 0) is 65.7 Å². The minimum atomic E-state index is -0.311. The summed E-state index contributed by atoms with van der Waals surface area (Å²) in [5.74, 6) is -0.272. The molecule has 160 valence electrons. The van der Waals surface area contributed by atoms with Crippen molar-refractivity contribution >= 4 is 28.5 Å². The summed E-state index contributed by atoms with van der Waals surface area (Å²) in [5.41, 5.74) is 3.02. The summed E-state index contributed by atoms with van der Waals surface area (Å²) in [5, 5.41) is 4.98. The molecule has 0 atom stereocenters. The van der Waals surface area contributed by atoms with Gasteiger partial charge < -0.3 is 4.74 Å². The maximum Gasteiger partial charge on any atom is 0.250 e. The van der Waals surface area contributed by atoms with Crippen LogP contribution < -0.4 is 10.1 Å². The van der Waals surface area contributed by atoms with Crippen molar-refractivity contribution in [3.8, 4) is 17.0 Å². The first kappa shape index (κ1) is 21.4. The van der Waals surface area contributed by atoms with Gasteiger partial charge in [0.15, 0.2) is 5.13 Å². The summed E-state index contributed by atoms with van der Waals surface area (Å²) >= 11 is 1.29. The Bertz CT molecular complexity index is 1240. The van der Waals surface area contributed by atoms with Crippen LogP contribution >= 0.6 is 11.3 Å². The van der Waals surface area contributed by atoms with Gasteiger partial charge in [-0.3, -0.25) is 10.1 Å². The summed E-state index contributed by atoms with van der Waals surface area (Å²) in [7, 11) is 0. The molecule has 0 spiro atoms. The number of hydrogen-bond acceptors (Lipinski definition) is 4. The van der Waals surface area contributed by atoms with Crippen molar-refractivity contribution in [2.75, 3.05) is 5.32 Å². The molecule has 0 radical (unpaired) electrons. The van der Waals surface area contributed by atoms with Crippen LogP contribution in [0.15, 0.2) is 84.3 Å². The van der Waals surface area contributed by atoms with Gasteiger partial charge in [0, 0.05) is 17.0 Å². The zero-order chi connectivity index (χ0) is 22.3. The Labute approximate surface area is 187 Å². The van der Waals surface area contributed by atoms with Gasteiger partial charge in [0.2, 0.25) is 5.91 Å². The molecule has 0 bridgehead atoms. The van der Waals surface area contributed by atoms with Crippen LogP contribution in [0.1, 0.15) is 11.1 Å². The van der Waals surface area contributed by atoms with Crippen LogP contribution in [-0.4, -0.2) is 10.9 Å². The zero-order valence-corrected chi connectivity index (χ0v) is 17.6. The first-order valence-corrected chi connectivity index (χ1v) is 10.6. The molecule has 4 aromatic rings. The first-order chi connectivity index (χ1) is 15.5. The van der Waals surface area contributed by atoms with Gasteiger partial charge in [0.1, 0.15) is 24.0 Å². The van der Waals surface area contributed by atoms with Crippen LogP contribution in [0.5, 0.6) is 5.75 Å². The molecule has 3 aromatic carbocycles. The van der Waals surface area contributed by atoms with E-state index in [2.05, 4.69) is 10.3 Å². The van der Waals surface area contributed by atoms with Crippen LogP contribution in [0.4, 0.5) is 13.9 Å². The maximum absolute atomic E-state index is 13.2. The molecule has 0 saturated carbocycles. The Kier molecular flexibility index (Phi) is 6.67. The lowest BCUT2D eigenvalue weighted by atomic mass is 10.2. The number of benzene rings is 3. The fourth-order valence-electron chi connectivity index (χ4n) is 2.87. The highest BCUT2D eigenvalue weighted by molar-refractivity contribution is 7.14. The number of rotatable bonds is 7. The number of halogens is 2. The third-order valence-electron chi connectivity index (χ3n) is 4.48. The standard InChI is InChI=1S/C25H18F2N2O2S/c26-20-9-7-19(8-10-20)23-16-32-25(28-23)29-24(30)13-6-17-4-11-22(12-5-17)31-15-18-2-1-3-21(27)14-18/h1-14,16H,15H2,(H,28,29,30)/b13-6-. The van der Waals surface area contributed by atoms with E-state index in [0.29, 0.717) is 16.6 Å². The second-order valence-electron chi connectivity index (χ2n) is 6.86. The molecular formula is C25H18F2N2O2S. The lowest BCUT2D eigenvalue weighted by Crippen LogP contribution is -2.07. The number of nitrogens with one attached hydrogen (secondary N) is 1. The Hall–Kier alpha value is -3.84. The lowest BCUT2D eigenvalue weighted by molar-refractivity contribution is -0.111. The molecule has 1 amide bonds. The topological polar surface area (TPSA) is 51.2 Å². The number of amides is 1. The van der Waals surface area contributed by atoms with Gasteiger partial charge >= 0.3 is 0 Å². The van der Waals surface area contributed by atoms with Crippen LogP contribution in [0.25, 0.3) is 17.3 Å². The van der Waals surface area contributed by atoms with Gasteiger partial charge in [-0.2, -0.15) is 0 Å². The molecule has 0 aliphatic heterocycles. The minimum absolute atomic E-state index is 0.267. The predicted octanol–water partition coefficient (Wildman–Crippen LogP) is 6.32. The summed E-state index contributed by atoms with van der Waals surface area (Å²) in [6.07, 6.45) is 3.10. The third-order valence-corrected chi connectivity index (χ3v) is 5.23. The van der Waals surface area contributed by atoms with E-state index in [1.165, 1.54) is 41.7 Å².